The van der Waals surface area contributed by atoms with Crippen LogP contribution >= 0.6 is 7.92 Å². The maximum absolute atomic E-state index is 11.5. The first-order valence-corrected chi connectivity index (χ1v) is 8.30. The van der Waals surface area contributed by atoms with Gasteiger partial charge in [0.25, 0.3) is 0 Å². The largest absolute Gasteiger partial charge is 1.00 e. The van der Waals surface area contributed by atoms with Crippen molar-refractivity contribution in [2.24, 2.45) is 0 Å². The molecule has 0 heterocycles. The molecule has 104 valence electrons. The molecule has 0 spiro atoms. The van der Waals surface area contributed by atoms with Crippen molar-refractivity contribution < 1.29 is 24.0 Å². The Morgan fingerprint density at radius 1 is 0.636 bits per heavy atom. The molecule has 3 heteroatoms. The minimum atomic E-state index is -0.673. The molecule has 0 amide bonds. The molecule has 3 aromatic rings. The van der Waals surface area contributed by atoms with Gasteiger partial charge in [0.2, 0.25) is 0 Å². The Morgan fingerprint density at radius 2 is 1.09 bits per heavy atom. The molecule has 1 nitrogen and oxygen atoms in total. The van der Waals surface area contributed by atoms with E-state index in [2.05, 4.69) is 54.6 Å². The predicted octanol–water partition coefficient (Wildman–Crippen LogP) is -0.691. The maximum atomic E-state index is 11.5. The van der Waals surface area contributed by atoms with Gasteiger partial charge >= 0.3 is 18.9 Å². The fourth-order valence-corrected chi connectivity index (χ4v) is 4.89. The Morgan fingerprint density at radius 3 is 1.59 bits per heavy atom. The molecule has 0 saturated carbocycles. The summed E-state index contributed by atoms with van der Waals surface area (Å²) in [5.74, 6) is 0. The molecule has 0 aliphatic carbocycles. The molecule has 0 N–H and O–H groups in total. The summed E-state index contributed by atoms with van der Waals surface area (Å²) in [5.41, 5.74) is 0.899. The minimum absolute atomic E-state index is 0. The van der Waals surface area contributed by atoms with Crippen molar-refractivity contribution in [1.29, 1.82) is 0 Å². The van der Waals surface area contributed by atoms with Gasteiger partial charge in [-0.2, -0.15) is 0 Å². The molecule has 3 rings (SSSR count). The number of benzene rings is 3. The minimum Gasteiger partial charge on any atom is -0.851 e. The van der Waals surface area contributed by atoms with Gasteiger partial charge in [-0.05, 0) is 23.8 Å². The molecule has 0 saturated heterocycles. The van der Waals surface area contributed by atoms with Gasteiger partial charge in [-0.25, -0.2) is 0 Å². The third-order valence-electron chi connectivity index (χ3n) is 3.42. The normalized spacial score (nSPS) is 10.3. The predicted molar refractivity (Wildman–Crippen MR) is 88.9 cm³/mol. The summed E-state index contributed by atoms with van der Waals surface area (Å²) in [6.07, 6.45) is 0. The van der Waals surface area contributed by atoms with Crippen molar-refractivity contribution in [3.8, 4) is 0 Å². The van der Waals surface area contributed by atoms with Gasteiger partial charge in [0, 0.05) is 0 Å². The van der Waals surface area contributed by atoms with E-state index in [9.17, 15) is 5.11 Å². The number of hydrogen-bond donors (Lipinski definition) is 0. The van der Waals surface area contributed by atoms with Gasteiger partial charge in [-0.1, -0.05) is 90.5 Å². The van der Waals surface area contributed by atoms with Gasteiger partial charge in [0.05, 0.1) is 0 Å². The second-order valence-corrected chi connectivity index (χ2v) is 6.96. The van der Waals surface area contributed by atoms with Gasteiger partial charge in [-0.15, -0.1) is 6.61 Å². The van der Waals surface area contributed by atoms with Gasteiger partial charge in [0.1, 0.15) is 0 Å². The fraction of sp³-hybridized carbons (Fsp3) is 0.0526. The molecule has 0 fully saturated rings. The molecule has 0 unspecified atom stereocenters. The molecule has 0 bridgehead atoms. The Balaban J connectivity index is 0.00000176. The number of hydrogen-bond acceptors (Lipinski definition) is 1. The van der Waals surface area contributed by atoms with E-state index in [1.54, 1.807) is 0 Å². The topological polar surface area (TPSA) is 23.1 Å². The van der Waals surface area contributed by atoms with Crippen LogP contribution in [-0.2, 0) is 6.61 Å². The van der Waals surface area contributed by atoms with Crippen molar-refractivity contribution in [3.63, 3.8) is 0 Å². The average molecular weight is 298 g/mol. The zero-order valence-corrected chi connectivity index (χ0v) is 13.5. The molecule has 22 heavy (non-hydrogen) atoms. The quantitative estimate of drug-likeness (QED) is 0.462. The van der Waals surface area contributed by atoms with Crippen LogP contribution in [0.25, 0.3) is 0 Å². The van der Waals surface area contributed by atoms with Crippen molar-refractivity contribution in [1.82, 2.24) is 0 Å². The summed E-state index contributed by atoms with van der Waals surface area (Å²) in [4.78, 5) is 0. The third-order valence-corrected chi connectivity index (χ3v) is 5.96. The van der Waals surface area contributed by atoms with Gasteiger partial charge in [-0.3, -0.25) is 0 Å². The van der Waals surface area contributed by atoms with Crippen molar-refractivity contribution >= 4 is 23.8 Å². The molecule has 0 aliphatic rings. The van der Waals surface area contributed by atoms with Crippen LogP contribution < -0.4 is 39.9 Å². The smallest absolute Gasteiger partial charge is 0.851 e. The van der Waals surface area contributed by atoms with E-state index >= 15 is 0 Å². The summed E-state index contributed by atoms with van der Waals surface area (Å²) < 4.78 is 0. The van der Waals surface area contributed by atoms with Crippen LogP contribution in [0, 0.1) is 0 Å². The van der Waals surface area contributed by atoms with E-state index in [0.717, 1.165) is 5.56 Å². The summed E-state index contributed by atoms with van der Waals surface area (Å²) >= 11 is 0. The third kappa shape index (κ3) is 3.69. The Bertz CT molecular complexity index is 661. The molecular weight excluding hydrogens is 282 g/mol. The summed E-state index contributed by atoms with van der Waals surface area (Å²) in [6.45, 7) is -0.172. The summed E-state index contributed by atoms with van der Waals surface area (Å²) in [5, 5.41) is 15.3. The van der Waals surface area contributed by atoms with E-state index in [1.807, 2.05) is 30.3 Å². The van der Waals surface area contributed by atoms with Crippen LogP contribution in [0.1, 0.15) is 5.56 Å². The first-order chi connectivity index (χ1) is 10.4. The molecule has 0 aliphatic heterocycles. The van der Waals surface area contributed by atoms with Crippen LogP contribution in [0.15, 0.2) is 84.9 Å². The first-order valence-electron chi connectivity index (χ1n) is 6.96. The van der Waals surface area contributed by atoms with Crippen LogP contribution in [0.3, 0.4) is 0 Å². The Labute approximate surface area is 145 Å². The SMILES string of the molecule is [Li+].[O-]Cc1ccccc1P(c1ccccc1)c1ccccc1. The molecule has 0 atom stereocenters. The average Bonchev–Trinajstić information content (AvgIpc) is 2.58. The van der Waals surface area contributed by atoms with Gasteiger partial charge < -0.3 is 5.11 Å². The van der Waals surface area contributed by atoms with Crippen LogP contribution in [0.4, 0.5) is 0 Å². The molecule has 0 radical (unpaired) electrons. The summed E-state index contributed by atoms with van der Waals surface area (Å²) in [6, 6.07) is 28.9. The van der Waals surface area contributed by atoms with Crippen molar-refractivity contribution in [2.75, 3.05) is 0 Å². The Hall–Kier alpha value is -1.35. The Kier molecular flexibility index (Phi) is 6.44. The van der Waals surface area contributed by atoms with E-state index in [4.69, 9.17) is 0 Å². The van der Waals surface area contributed by atoms with E-state index < -0.39 is 7.92 Å². The van der Waals surface area contributed by atoms with E-state index in [0.29, 0.717) is 0 Å². The zero-order valence-electron chi connectivity index (χ0n) is 12.6. The molecule has 3 aromatic carbocycles. The monoisotopic (exact) mass is 298 g/mol. The van der Waals surface area contributed by atoms with Crippen LogP contribution in [-0.4, -0.2) is 0 Å². The number of rotatable bonds is 4. The second kappa shape index (κ2) is 8.32. The molecule has 0 aromatic heterocycles. The standard InChI is InChI=1S/C19H16OP.Li/c20-15-16-9-7-8-14-19(16)21(17-10-3-1-4-11-17)18-12-5-2-6-13-18;/h1-14H,15H2;/q-1;+1. The zero-order chi connectivity index (χ0) is 14.5. The molecular formula is C19H16LiOP. The van der Waals surface area contributed by atoms with Crippen LogP contribution in [0.2, 0.25) is 0 Å². The van der Waals surface area contributed by atoms with E-state index in [-0.39, 0.29) is 25.5 Å². The van der Waals surface area contributed by atoms with Crippen molar-refractivity contribution in [3.05, 3.63) is 90.5 Å². The summed E-state index contributed by atoms with van der Waals surface area (Å²) in [7, 11) is -0.673. The first kappa shape index (κ1) is 17.0. The maximum Gasteiger partial charge on any atom is 1.00 e. The van der Waals surface area contributed by atoms with Crippen LogP contribution in [0.5, 0.6) is 0 Å². The van der Waals surface area contributed by atoms with E-state index in [1.165, 1.54) is 15.9 Å². The van der Waals surface area contributed by atoms with Crippen molar-refractivity contribution in [2.45, 2.75) is 6.61 Å². The van der Waals surface area contributed by atoms with Gasteiger partial charge in [0.15, 0.2) is 0 Å². The second-order valence-electron chi connectivity index (χ2n) is 4.78. The fourth-order valence-electron chi connectivity index (χ4n) is 2.43.